The van der Waals surface area contributed by atoms with Crippen LogP contribution in [0.5, 0.6) is 5.75 Å². The van der Waals surface area contributed by atoms with Crippen LogP contribution in [0, 0.1) is 0 Å². The van der Waals surface area contributed by atoms with Crippen molar-refractivity contribution in [3.63, 3.8) is 0 Å². The zero-order valence-corrected chi connectivity index (χ0v) is 9.70. The zero-order valence-electron chi connectivity index (χ0n) is 9.70. The minimum absolute atomic E-state index is 0.674. The number of fused-ring (bicyclic) bond motifs is 3. The largest absolute Gasteiger partial charge is 0.497 e. The lowest BCUT2D eigenvalue weighted by molar-refractivity contribution is 0.413. The minimum atomic E-state index is 0.674. The van der Waals surface area contributed by atoms with Crippen molar-refractivity contribution >= 4 is 11.4 Å². The lowest BCUT2D eigenvalue weighted by atomic mass is 9.98. The predicted molar refractivity (Wildman–Crippen MR) is 66.5 cm³/mol. The maximum Gasteiger partial charge on any atom is 0.121 e. The molecule has 1 unspecified atom stereocenters. The third kappa shape index (κ3) is 1.51. The number of anilines is 2. The van der Waals surface area contributed by atoms with Gasteiger partial charge in [0.05, 0.1) is 18.5 Å². The molecule has 0 saturated carbocycles. The molecule has 0 radical (unpaired) electrons. The Morgan fingerprint density at radius 3 is 3.19 bits per heavy atom. The minimum Gasteiger partial charge on any atom is -0.497 e. The fourth-order valence-corrected chi connectivity index (χ4v) is 2.78. The van der Waals surface area contributed by atoms with E-state index in [1.165, 1.54) is 37.2 Å². The normalized spacial score (nSPS) is 23.1. The Labute approximate surface area is 96.4 Å². The second kappa shape index (κ2) is 3.89. The Morgan fingerprint density at radius 2 is 2.31 bits per heavy atom. The van der Waals surface area contributed by atoms with Crippen molar-refractivity contribution in [2.24, 2.45) is 0 Å². The van der Waals surface area contributed by atoms with Crippen LogP contribution >= 0.6 is 0 Å². The van der Waals surface area contributed by atoms with Crippen molar-refractivity contribution < 1.29 is 4.74 Å². The second-order valence-corrected chi connectivity index (χ2v) is 4.61. The fraction of sp³-hybridized carbons (Fsp3) is 0.538. The van der Waals surface area contributed by atoms with Crippen LogP contribution in [0.4, 0.5) is 11.4 Å². The summed E-state index contributed by atoms with van der Waals surface area (Å²) in [5.41, 5.74) is 2.56. The first-order chi connectivity index (χ1) is 7.88. The smallest absolute Gasteiger partial charge is 0.121 e. The molecule has 0 spiro atoms. The van der Waals surface area contributed by atoms with Crippen LogP contribution in [0.2, 0.25) is 0 Å². The predicted octanol–water partition coefficient (Wildman–Crippen LogP) is 2.48. The third-order valence-electron chi connectivity index (χ3n) is 3.67. The van der Waals surface area contributed by atoms with E-state index in [0.29, 0.717) is 6.04 Å². The molecule has 1 aromatic carbocycles. The highest BCUT2D eigenvalue weighted by molar-refractivity contribution is 5.74. The average Bonchev–Trinajstić information content (AvgIpc) is 2.38. The van der Waals surface area contributed by atoms with Crippen molar-refractivity contribution in [2.75, 3.05) is 30.4 Å². The van der Waals surface area contributed by atoms with E-state index in [1.54, 1.807) is 7.11 Å². The number of nitrogens with one attached hydrogen (secondary N) is 1. The number of nitrogens with zero attached hydrogens (tertiary/aromatic N) is 1. The first-order valence-electron chi connectivity index (χ1n) is 6.07. The van der Waals surface area contributed by atoms with Gasteiger partial charge in [0, 0.05) is 25.2 Å². The monoisotopic (exact) mass is 218 g/mol. The molecule has 2 heterocycles. The number of hydrogen-bond donors (Lipinski definition) is 1. The molecule has 3 heteroatoms. The molecular formula is C13H18N2O. The molecule has 1 aromatic rings. The van der Waals surface area contributed by atoms with Gasteiger partial charge in [0.25, 0.3) is 0 Å². The highest BCUT2D eigenvalue weighted by atomic mass is 16.5. The highest BCUT2D eigenvalue weighted by Crippen LogP contribution is 2.37. The average molecular weight is 218 g/mol. The summed E-state index contributed by atoms with van der Waals surface area (Å²) < 4.78 is 5.31. The standard InChI is InChI=1S/C13H18N2O/c1-16-11-5-6-12-13(8-11)15-7-3-2-4-10(15)9-14-12/h5-6,8,10,14H,2-4,7,9H2,1H3. The third-order valence-corrected chi connectivity index (χ3v) is 3.67. The topological polar surface area (TPSA) is 24.5 Å². The molecule has 2 aliphatic heterocycles. The molecule has 3 rings (SSSR count). The maximum absolute atomic E-state index is 5.31. The number of piperidine rings is 1. The first kappa shape index (κ1) is 9.82. The Bertz CT molecular complexity index is 392. The van der Waals surface area contributed by atoms with E-state index < -0.39 is 0 Å². The summed E-state index contributed by atoms with van der Waals surface area (Å²) in [5, 5.41) is 3.52. The van der Waals surface area contributed by atoms with Gasteiger partial charge in [0.15, 0.2) is 0 Å². The van der Waals surface area contributed by atoms with E-state index in [2.05, 4.69) is 22.3 Å². The number of benzene rings is 1. The fourth-order valence-electron chi connectivity index (χ4n) is 2.78. The maximum atomic E-state index is 5.31. The molecule has 86 valence electrons. The van der Waals surface area contributed by atoms with E-state index in [-0.39, 0.29) is 0 Å². The molecular weight excluding hydrogens is 200 g/mol. The molecule has 0 bridgehead atoms. The lowest BCUT2D eigenvalue weighted by Crippen LogP contribution is -2.46. The summed E-state index contributed by atoms with van der Waals surface area (Å²) in [6.07, 6.45) is 3.99. The summed E-state index contributed by atoms with van der Waals surface area (Å²) in [7, 11) is 1.73. The lowest BCUT2D eigenvalue weighted by Gasteiger charge is -2.42. The molecule has 3 nitrogen and oxygen atoms in total. The molecule has 1 atom stereocenters. The van der Waals surface area contributed by atoms with Crippen LogP contribution in [0.1, 0.15) is 19.3 Å². The van der Waals surface area contributed by atoms with E-state index in [4.69, 9.17) is 4.74 Å². The Hall–Kier alpha value is -1.38. The van der Waals surface area contributed by atoms with Gasteiger partial charge >= 0.3 is 0 Å². The van der Waals surface area contributed by atoms with Crippen LogP contribution in [-0.2, 0) is 0 Å². The summed E-state index contributed by atoms with van der Waals surface area (Å²) in [4.78, 5) is 2.54. The summed E-state index contributed by atoms with van der Waals surface area (Å²) in [5.74, 6) is 0.951. The molecule has 0 amide bonds. The molecule has 0 aromatic heterocycles. The first-order valence-corrected chi connectivity index (χ1v) is 6.07. The van der Waals surface area contributed by atoms with E-state index in [0.717, 1.165) is 12.3 Å². The Balaban J connectivity index is 1.98. The van der Waals surface area contributed by atoms with Crippen LogP contribution in [0.3, 0.4) is 0 Å². The van der Waals surface area contributed by atoms with Crippen molar-refractivity contribution in [3.05, 3.63) is 18.2 Å². The zero-order chi connectivity index (χ0) is 11.0. The molecule has 16 heavy (non-hydrogen) atoms. The summed E-state index contributed by atoms with van der Waals surface area (Å²) in [6.45, 7) is 2.27. The molecule has 2 aliphatic rings. The van der Waals surface area contributed by atoms with E-state index in [1.807, 2.05) is 6.07 Å². The van der Waals surface area contributed by atoms with Gasteiger partial charge in [-0.3, -0.25) is 0 Å². The SMILES string of the molecule is COc1ccc2c(c1)N1CCCCC1CN2. The summed E-state index contributed by atoms with van der Waals surface area (Å²) >= 11 is 0. The van der Waals surface area contributed by atoms with Crippen LogP contribution in [-0.4, -0.2) is 26.2 Å². The van der Waals surface area contributed by atoms with Crippen molar-refractivity contribution in [1.29, 1.82) is 0 Å². The highest BCUT2D eigenvalue weighted by Gasteiger charge is 2.28. The number of rotatable bonds is 1. The molecule has 1 saturated heterocycles. The van der Waals surface area contributed by atoms with E-state index >= 15 is 0 Å². The summed E-state index contributed by atoms with van der Waals surface area (Å²) in [6, 6.07) is 6.97. The van der Waals surface area contributed by atoms with Crippen LogP contribution < -0.4 is 15.0 Å². The van der Waals surface area contributed by atoms with Gasteiger partial charge in [-0.1, -0.05) is 0 Å². The second-order valence-electron chi connectivity index (χ2n) is 4.61. The van der Waals surface area contributed by atoms with Gasteiger partial charge < -0.3 is 15.0 Å². The van der Waals surface area contributed by atoms with Gasteiger partial charge in [-0.25, -0.2) is 0 Å². The van der Waals surface area contributed by atoms with Gasteiger partial charge in [-0.15, -0.1) is 0 Å². The van der Waals surface area contributed by atoms with Gasteiger partial charge in [0.2, 0.25) is 0 Å². The van der Waals surface area contributed by atoms with Gasteiger partial charge in [-0.2, -0.15) is 0 Å². The van der Waals surface area contributed by atoms with Gasteiger partial charge in [-0.05, 0) is 31.4 Å². The quantitative estimate of drug-likeness (QED) is 0.783. The Morgan fingerprint density at radius 1 is 1.38 bits per heavy atom. The molecule has 1 fully saturated rings. The molecule has 1 N–H and O–H groups in total. The number of hydrogen-bond acceptors (Lipinski definition) is 3. The van der Waals surface area contributed by atoms with E-state index in [9.17, 15) is 0 Å². The van der Waals surface area contributed by atoms with Crippen molar-refractivity contribution in [3.8, 4) is 5.75 Å². The van der Waals surface area contributed by atoms with Crippen molar-refractivity contribution in [2.45, 2.75) is 25.3 Å². The van der Waals surface area contributed by atoms with Crippen LogP contribution in [0.15, 0.2) is 18.2 Å². The van der Waals surface area contributed by atoms with Gasteiger partial charge in [0.1, 0.15) is 5.75 Å². The number of methoxy groups -OCH3 is 1. The Kier molecular flexibility index (Phi) is 2.39. The number of ether oxygens (including phenoxy) is 1. The van der Waals surface area contributed by atoms with Crippen molar-refractivity contribution in [1.82, 2.24) is 0 Å². The molecule has 0 aliphatic carbocycles. The van der Waals surface area contributed by atoms with Crippen LogP contribution in [0.25, 0.3) is 0 Å².